The Morgan fingerprint density at radius 1 is 1.25 bits per heavy atom. The second-order valence-electron chi connectivity index (χ2n) is 10.4. The van der Waals surface area contributed by atoms with Crippen LogP contribution >= 0.6 is 0 Å². The fourth-order valence-electron chi connectivity index (χ4n) is 4.80. The zero-order valence-corrected chi connectivity index (χ0v) is 21.0. The van der Waals surface area contributed by atoms with E-state index in [2.05, 4.69) is 15.1 Å². The van der Waals surface area contributed by atoms with E-state index in [9.17, 15) is 14.0 Å². The summed E-state index contributed by atoms with van der Waals surface area (Å²) in [5.41, 5.74) is 0.555. The predicted molar refractivity (Wildman–Crippen MR) is 134 cm³/mol. The summed E-state index contributed by atoms with van der Waals surface area (Å²) in [6.07, 6.45) is 5.91. The number of hydrogen-bond donors (Lipinski definition) is 0. The summed E-state index contributed by atoms with van der Waals surface area (Å²) in [5, 5.41) is 5.17. The van der Waals surface area contributed by atoms with Crippen LogP contribution in [0, 0.1) is 5.82 Å². The molecule has 0 unspecified atom stereocenters. The van der Waals surface area contributed by atoms with Crippen molar-refractivity contribution in [3.05, 3.63) is 53.0 Å². The van der Waals surface area contributed by atoms with Gasteiger partial charge in [-0.1, -0.05) is 0 Å². The summed E-state index contributed by atoms with van der Waals surface area (Å²) in [5.74, 6) is -0.113. The molecule has 0 saturated carbocycles. The Hall–Kier alpha value is -3.82. The average molecular weight is 493 g/mol. The largest absolute Gasteiger partial charge is 0.444 e. The van der Waals surface area contributed by atoms with Crippen LogP contribution in [0.25, 0.3) is 33.2 Å². The molecule has 0 aliphatic carbocycles. The topological polar surface area (TPSA) is 95.1 Å². The molecule has 10 heteroatoms. The number of amides is 1. The number of aryl methyl sites for hydroxylation is 1. The molecule has 36 heavy (non-hydrogen) atoms. The second-order valence-corrected chi connectivity index (χ2v) is 10.4. The van der Waals surface area contributed by atoms with E-state index in [1.807, 2.05) is 27.7 Å². The molecule has 1 fully saturated rings. The van der Waals surface area contributed by atoms with Gasteiger partial charge in [0.25, 0.3) is 5.56 Å². The number of fused-ring (bicyclic) bond motifs is 2. The number of carbonyl (C=O) groups is 1. The second kappa shape index (κ2) is 8.69. The van der Waals surface area contributed by atoms with E-state index in [-0.39, 0.29) is 29.3 Å². The zero-order valence-electron chi connectivity index (χ0n) is 21.0. The number of halogens is 1. The third-order valence-electron chi connectivity index (χ3n) is 6.48. The SMILES string of the molecule is C[C@H]1C[C@@H](n2ccc3nc(-c4cc(F)c5nn(C)cc5c4)ncc3c2=O)CCN1C(=O)OC(C)(C)C. The van der Waals surface area contributed by atoms with E-state index in [4.69, 9.17) is 4.74 Å². The molecule has 1 aliphatic rings. The van der Waals surface area contributed by atoms with Crippen LogP contribution in [0.3, 0.4) is 0 Å². The number of pyridine rings is 1. The minimum absolute atomic E-state index is 0.0580. The Morgan fingerprint density at radius 2 is 2.03 bits per heavy atom. The first-order valence-electron chi connectivity index (χ1n) is 12.0. The van der Waals surface area contributed by atoms with E-state index in [0.29, 0.717) is 47.1 Å². The summed E-state index contributed by atoms with van der Waals surface area (Å²) in [7, 11) is 1.73. The van der Waals surface area contributed by atoms with E-state index in [1.54, 1.807) is 45.7 Å². The van der Waals surface area contributed by atoms with Gasteiger partial charge in [0.15, 0.2) is 11.6 Å². The molecule has 2 atom stereocenters. The van der Waals surface area contributed by atoms with Crippen LogP contribution in [0.2, 0.25) is 0 Å². The van der Waals surface area contributed by atoms with Crippen molar-refractivity contribution >= 4 is 27.9 Å². The molecule has 4 heterocycles. The molecule has 3 aromatic heterocycles. The molecule has 188 valence electrons. The number of likely N-dealkylation sites (tertiary alicyclic amines) is 1. The number of hydrogen-bond acceptors (Lipinski definition) is 6. The Balaban J connectivity index is 1.41. The third kappa shape index (κ3) is 4.43. The lowest BCUT2D eigenvalue weighted by molar-refractivity contribution is 0.00773. The van der Waals surface area contributed by atoms with Crippen molar-refractivity contribution in [2.75, 3.05) is 6.54 Å². The maximum Gasteiger partial charge on any atom is 0.410 e. The van der Waals surface area contributed by atoms with Crippen molar-refractivity contribution in [1.29, 1.82) is 0 Å². The van der Waals surface area contributed by atoms with Crippen LogP contribution in [0.4, 0.5) is 9.18 Å². The molecule has 0 bridgehead atoms. The first-order chi connectivity index (χ1) is 17.0. The Morgan fingerprint density at radius 3 is 2.75 bits per heavy atom. The smallest absolute Gasteiger partial charge is 0.410 e. The third-order valence-corrected chi connectivity index (χ3v) is 6.48. The number of benzene rings is 1. The van der Waals surface area contributed by atoms with Crippen LogP contribution in [0.1, 0.15) is 46.6 Å². The highest BCUT2D eigenvalue weighted by Crippen LogP contribution is 2.29. The Kier molecular flexibility index (Phi) is 5.77. The van der Waals surface area contributed by atoms with E-state index < -0.39 is 11.4 Å². The molecule has 4 aromatic rings. The van der Waals surface area contributed by atoms with Gasteiger partial charge in [-0.25, -0.2) is 19.2 Å². The van der Waals surface area contributed by atoms with Gasteiger partial charge in [-0.2, -0.15) is 5.10 Å². The van der Waals surface area contributed by atoms with Gasteiger partial charge in [0.05, 0.1) is 10.9 Å². The first kappa shape index (κ1) is 23.9. The van der Waals surface area contributed by atoms with Gasteiger partial charge in [-0.05, 0) is 58.7 Å². The van der Waals surface area contributed by atoms with Gasteiger partial charge in [-0.15, -0.1) is 0 Å². The van der Waals surface area contributed by atoms with Crippen molar-refractivity contribution in [3.63, 3.8) is 0 Å². The van der Waals surface area contributed by atoms with Crippen LogP contribution < -0.4 is 5.56 Å². The standard InChI is InChI=1S/C26H29FN6O3/c1-15-10-18(6-8-32(15)25(35)36-26(2,3)4)33-9-7-21-19(24(33)34)13-28-23(29-21)16-11-17-14-31(5)30-22(17)20(27)12-16/h7,9,11-15,18H,6,8,10H2,1-5H3/t15-,18-/m0/s1. The molecule has 1 aromatic carbocycles. The lowest BCUT2D eigenvalue weighted by Gasteiger charge is -2.38. The molecule has 1 saturated heterocycles. The maximum atomic E-state index is 14.6. The van der Waals surface area contributed by atoms with Gasteiger partial charge < -0.3 is 14.2 Å². The minimum atomic E-state index is -0.558. The molecular weight excluding hydrogens is 463 g/mol. The van der Waals surface area contributed by atoms with Gasteiger partial charge in [-0.3, -0.25) is 9.48 Å². The van der Waals surface area contributed by atoms with Crippen LogP contribution in [-0.4, -0.2) is 53.5 Å². The van der Waals surface area contributed by atoms with Gasteiger partial charge in [0.2, 0.25) is 0 Å². The maximum absolute atomic E-state index is 14.6. The zero-order chi connectivity index (χ0) is 25.8. The highest BCUT2D eigenvalue weighted by Gasteiger charge is 2.33. The number of carbonyl (C=O) groups excluding carboxylic acids is 1. The quantitative estimate of drug-likeness (QED) is 0.410. The highest BCUT2D eigenvalue weighted by molar-refractivity contribution is 5.85. The number of aromatic nitrogens is 5. The lowest BCUT2D eigenvalue weighted by Crippen LogP contribution is -2.47. The summed E-state index contributed by atoms with van der Waals surface area (Å²) in [4.78, 5) is 36.5. The molecule has 1 amide bonds. The molecule has 0 spiro atoms. The predicted octanol–water partition coefficient (Wildman–Crippen LogP) is 4.44. The molecule has 0 radical (unpaired) electrons. The van der Waals surface area contributed by atoms with Crippen molar-refractivity contribution in [2.24, 2.45) is 7.05 Å². The van der Waals surface area contributed by atoms with Crippen molar-refractivity contribution in [3.8, 4) is 11.4 Å². The summed E-state index contributed by atoms with van der Waals surface area (Å²) >= 11 is 0. The fourth-order valence-corrected chi connectivity index (χ4v) is 4.80. The molecular formula is C26H29FN6O3. The van der Waals surface area contributed by atoms with Crippen molar-refractivity contribution < 1.29 is 13.9 Å². The molecule has 1 aliphatic heterocycles. The number of piperidine rings is 1. The highest BCUT2D eigenvalue weighted by atomic mass is 19.1. The van der Waals surface area contributed by atoms with E-state index in [0.717, 1.165) is 0 Å². The Labute approximate surface area is 207 Å². The Bertz CT molecular complexity index is 1540. The van der Waals surface area contributed by atoms with Crippen LogP contribution in [0.15, 0.2) is 41.6 Å². The summed E-state index contributed by atoms with van der Waals surface area (Å²) < 4.78 is 23.3. The van der Waals surface area contributed by atoms with Crippen LogP contribution in [0.5, 0.6) is 0 Å². The van der Waals surface area contributed by atoms with Gasteiger partial charge >= 0.3 is 6.09 Å². The minimum Gasteiger partial charge on any atom is -0.444 e. The molecule has 0 N–H and O–H groups in total. The first-order valence-corrected chi connectivity index (χ1v) is 12.0. The number of ether oxygens (including phenoxy) is 1. The van der Waals surface area contributed by atoms with E-state index >= 15 is 0 Å². The van der Waals surface area contributed by atoms with Crippen molar-refractivity contribution in [1.82, 2.24) is 29.2 Å². The fraction of sp³-hybridized carbons (Fsp3) is 0.423. The average Bonchev–Trinajstić information content (AvgIpc) is 3.18. The molecule has 5 rings (SSSR count). The number of rotatable bonds is 2. The normalized spacial score (nSPS) is 18.7. The number of nitrogens with zero attached hydrogens (tertiary/aromatic N) is 6. The van der Waals surface area contributed by atoms with Crippen LogP contribution in [-0.2, 0) is 11.8 Å². The van der Waals surface area contributed by atoms with E-state index in [1.165, 1.54) is 12.3 Å². The monoisotopic (exact) mass is 492 g/mol. The summed E-state index contributed by atoms with van der Waals surface area (Å²) in [6.45, 7) is 8.01. The lowest BCUT2D eigenvalue weighted by atomic mass is 9.98. The van der Waals surface area contributed by atoms with Gasteiger partial charge in [0, 0.05) is 55.2 Å². The summed E-state index contributed by atoms with van der Waals surface area (Å²) in [6, 6.07) is 4.80. The van der Waals surface area contributed by atoms with Crippen molar-refractivity contribution in [2.45, 2.75) is 58.2 Å². The van der Waals surface area contributed by atoms with Gasteiger partial charge in [0.1, 0.15) is 11.1 Å². The molecule has 9 nitrogen and oxygen atoms in total.